The van der Waals surface area contributed by atoms with Crippen molar-refractivity contribution >= 4 is 0 Å². The minimum Gasteiger partial charge on any atom is -0.504 e. The van der Waals surface area contributed by atoms with Crippen LogP contribution in [0, 0.1) is 6.92 Å². The number of nitrogens with zero attached hydrogens (tertiary/aromatic N) is 2. The number of hydrogen-bond acceptors (Lipinski definition) is 5. The fraction of sp³-hybridized carbons (Fsp3) is 0.231. The first-order valence-corrected chi connectivity index (χ1v) is 5.53. The smallest absolute Gasteiger partial charge is 0.159 e. The van der Waals surface area contributed by atoms with Crippen LogP contribution in [0.5, 0.6) is 11.5 Å². The fourth-order valence-electron chi connectivity index (χ4n) is 1.69. The Labute approximate surface area is 104 Å². The Bertz CT molecular complexity index is 582. The Morgan fingerprint density at radius 2 is 1.89 bits per heavy atom. The van der Waals surface area contributed by atoms with E-state index >= 15 is 0 Å². The van der Waals surface area contributed by atoms with Crippen molar-refractivity contribution in [3.05, 3.63) is 35.7 Å². The molecule has 18 heavy (non-hydrogen) atoms. The molecule has 94 valence electrons. The first kappa shape index (κ1) is 12.3. The van der Waals surface area contributed by atoms with Crippen molar-refractivity contribution in [3.8, 4) is 22.9 Å². The van der Waals surface area contributed by atoms with Crippen LogP contribution in [0.4, 0.5) is 0 Å². The van der Waals surface area contributed by atoms with E-state index in [4.69, 9.17) is 0 Å². The van der Waals surface area contributed by atoms with Gasteiger partial charge in [0, 0.05) is 23.0 Å². The van der Waals surface area contributed by atoms with Gasteiger partial charge in [0.25, 0.3) is 0 Å². The van der Waals surface area contributed by atoms with E-state index in [1.54, 1.807) is 26.1 Å². The van der Waals surface area contributed by atoms with Gasteiger partial charge < -0.3 is 15.3 Å². The van der Waals surface area contributed by atoms with E-state index in [1.807, 2.05) is 0 Å². The molecule has 0 unspecified atom stereocenters. The summed E-state index contributed by atoms with van der Waals surface area (Å²) in [4.78, 5) is 8.41. The number of aromatic hydroxyl groups is 2. The Morgan fingerprint density at radius 3 is 2.44 bits per heavy atom. The van der Waals surface area contributed by atoms with E-state index in [1.165, 1.54) is 12.1 Å². The van der Waals surface area contributed by atoms with E-state index in [2.05, 4.69) is 9.97 Å². The zero-order valence-corrected chi connectivity index (χ0v) is 10.1. The maximum absolute atomic E-state index is 9.49. The largest absolute Gasteiger partial charge is 0.504 e. The van der Waals surface area contributed by atoms with Gasteiger partial charge in [-0.05, 0) is 32.0 Å². The van der Waals surface area contributed by atoms with Crippen molar-refractivity contribution in [2.45, 2.75) is 20.0 Å². The minimum atomic E-state index is -0.618. The Kier molecular flexibility index (Phi) is 3.16. The molecule has 1 aromatic carbocycles. The van der Waals surface area contributed by atoms with Gasteiger partial charge in [-0.2, -0.15) is 0 Å². The van der Waals surface area contributed by atoms with Crippen LogP contribution in [-0.4, -0.2) is 25.3 Å². The van der Waals surface area contributed by atoms with E-state index in [-0.39, 0.29) is 11.5 Å². The third kappa shape index (κ3) is 2.26. The van der Waals surface area contributed by atoms with Crippen LogP contribution >= 0.6 is 0 Å². The lowest BCUT2D eigenvalue weighted by molar-refractivity contribution is 0.197. The Balaban J connectivity index is 2.45. The number of aryl methyl sites for hydroxylation is 1. The van der Waals surface area contributed by atoms with E-state index in [9.17, 15) is 15.3 Å². The molecule has 0 aliphatic carbocycles. The third-order valence-corrected chi connectivity index (χ3v) is 2.70. The third-order valence-electron chi connectivity index (χ3n) is 2.70. The summed E-state index contributed by atoms with van der Waals surface area (Å²) >= 11 is 0. The summed E-state index contributed by atoms with van der Waals surface area (Å²) in [5.74, 6) is 0.0385. The summed E-state index contributed by atoms with van der Waals surface area (Å²) in [6.07, 6.45) is 0.943. The van der Waals surface area contributed by atoms with Crippen LogP contribution < -0.4 is 0 Å². The highest BCUT2D eigenvalue weighted by Gasteiger charge is 2.10. The predicted molar refractivity (Wildman–Crippen MR) is 66.2 cm³/mol. The van der Waals surface area contributed by atoms with Gasteiger partial charge in [-0.15, -0.1) is 0 Å². The molecule has 0 saturated heterocycles. The van der Waals surface area contributed by atoms with Gasteiger partial charge in [-0.1, -0.05) is 0 Å². The number of aromatic nitrogens is 2. The van der Waals surface area contributed by atoms with Gasteiger partial charge in [0.05, 0.1) is 6.10 Å². The van der Waals surface area contributed by atoms with Gasteiger partial charge in [0.15, 0.2) is 17.3 Å². The molecule has 1 atom stereocenters. The number of aliphatic hydroxyl groups is 1. The Morgan fingerprint density at radius 1 is 1.17 bits per heavy atom. The molecule has 0 bridgehead atoms. The van der Waals surface area contributed by atoms with Crippen molar-refractivity contribution in [2.24, 2.45) is 0 Å². The number of phenols is 2. The highest BCUT2D eigenvalue weighted by Crippen LogP contribution is 2.29. The monoisotopic (exact) mass is 246 g/mol. The molecule has 0 amide bonds. The molecule has 2 aromatic rings. The van der Waals surface area contributed by atoms with Gasteiger partial charge in [-0.25, -0.2) is 9.97 Å². The van der Waals surface area contributed by atoms with E-state index in [0.717, 1.165) is 0 Å². The molecule has 1 heterocycles. The van der Waals surface area contributed by atoms with Crippen LogP contribution in [0.25, 0.3) is 11.4 Å². The summed E-state index contributed by atoms with van der Waals surface area (Å²) < 4.78 is 0. The molecule has 5 nitrogen and oxygen atoms in total. The molecule has 0 fully saturated rings. The molecule has 0 spiro atoms. The number of rotatable bonds is 2. The maximum Gasteiger partial charge on any atom is 0.159 e. The minimum absolute atomic E-state index is 0.184. The normalized spacial score (nSPS) is 12.4. The number of hydrogen-bond donors (Lipinski definition) is 3. The van der Waals surface area contributed by atoms with E-state index < -0.39 is 6.10 Å². The second-order valence-electron chi connectivity index (χ2n) is 4.11. The molecule has 5 heteroatoms. The summed E-state index contributed by atoms with van der Waals surface area (Å²) in [6, 6.07) is 4.39. The van der Waals surface area contributed by atoms with Crippen molar-refractivity contribution < 1.29 is 15.3 Å². The first-order valence-electron chi connectivity index (χ1n) is 5.53. The quantitative estimate of drug-likeness (QED) is 0.705. The Hall–Kier alpha value is -2.14. The fourth-order valence-corrected chi connectivity index (χ4v) is 1.69. The van der Waals surface area contributed by atoms with Crippen LogP contribution in [0.2, 0.25) is 0 Å². The van der Waals surface area contributed by atoms with Crippen molar-refractivity contribution in [1.29, 1.82) is 0 Å². The maximum atomic E-state index is 9.49. The molecule has 0 aliphatic heterocycles. The lowest BCUT2D eigenvalue weighted by Gasteiger charge is -2.09. The summed E-state index contributed by atoms with van der Waals surface area (Å²) in [5, 5.41) is 28.2. The van der Waals surface area contributed by atoms with Gasteiger partial charge in [0.2, 0.25) is 0 Å². The second-order valence-corrected chi connectivity index (χ2v) is 4.11. The lowest BCUT2D eigenvalue weighted by Crippen LogP contribution is -2.01. The van der Waals surface area contributed by atoms with Gasteiger partial charge in [0.1, 0.15) is 0 Å². The standard InChI is InChI=1S/C13H14N2O3/c1-7-10(8(2)16)6-14-13(15-7)9-3-4-11(17)12(18)5-9/h3-6,8,16-18H,1-2H3/t8-/m0/s1. The zero-order valence-electron chi connectivity index (χ0n) is 10.1. The molecule has 0 saturated carbocycles. The van der Waals surface area contributed by atoms with Crippen LogP contribution in [0.15, 0.2) is 24.4 Å². The summed E-state index contributed by atoms with van der Waals surface area (Å²) in [6.45, 7) is 3.44. The lowest BCUT2D eigenvalue weighted by atomic mass is 10.1. The predicted octanol–water partition coefficient (Wildman–Crippen LogP) is 1.92. The topological polar surface area (TPSA) is 86.5 Å². The summed E-state index contributed by atoms with van der Waals surface area (Å²) in [5.41, 5.74) is 1.95. The van der Waals surface area contributed by atoms with Gasteiger partial charge >= 0.3 is 0 Å². The summed E-state index contributed by atoms with van der Waals surface area (Å²) in [7, 11) is 0. The van der Waals surface area contributed by atoms with E-state index in [0.29, 0.717) is 22.6 Å². The van der Waals surface area contributed by atoms with Crippen LogP contribution in [-0.2, 0) is 0 Å². The molecule has 3 N–H and O–H groups in total. The molecule has 2 rings (SSSR count). The van der Waals surface area contributed by atoms with Crippen molar-refractivity contribution in [3.63, 3.8) is 0 Å². The molecular formula is C13H14N2O3. The van der Waals surface area contributed by atoms with Crippen LogP contribution in [0.1, 0.15) is 24.3 Å². The number of aliphatic hydroxyl groups excluding tert-OH is 1. The number of phenolic OH excluding ortho intramolecular Hbond substituents is 2. The average Bonchev–Trinajstić information content (AvgIpc) is 2.32. The second kappa shape index (κ2) is 4.62. The van der Waals surface area contributed by atoms with Crippen molar-refractivity contribution in [2.75, 3.05) is 0 Å². The number of benzene rings is 1. The molecular weight excluding hydrogens is 232 g/mol. The van der Waals surface area contributed by atoms with Gasteiger partial charge in [-0.3, -0.25) is 0 Å². The van der Waals surface area contributed by atoms with Crippen molar-refractivity contribution in [1.82, 2.24) is 9.97 Å². The highest BCUT2D eigenvalue weighted by atomic mass is 16.3. The average molecular weight is 246 g/mol. The molecule has 0 aliphatic rings. The molecule has 0 radical (unpaired) electrons. The first-order chi connectivity index (χ1) is 8.49. The zero-order chi connectivity index (χ0) is 13.3. The van der Waals surface area contributed by atoms with Crippen LogP contribution in [0.3, 0.4) is 0 Å². The highest BCUT2D eigenvalue weighted by molar-refractivity contribution is 5.60. The SMILES string of the molecule is Cc1nc(-c2ccc(O)c(O)c2)ncc1[C@H](C)O. The molecule has 1 aromatic heterocycles.